The van der Waals surface area contributed by atoms with Gasteiger partial charge >= 0.3 is 0 Å². The van der Waals surface area contributed by atoms with Crippen molar-refractivity contribution in [3.63, 3.8) is 0 Å². The molecule has 4 heteroatoms. The minimum Gasteiger partial charge on any atom is -0.494 e. The summed E-state index contributed by atoms with van der Waals surface area (Å²) < 4.78 is 0. The number of nitrogens with zero attached hydrogens (tertiary/aromatic N) is 1. The van der Waals surface area contributed by atoms with Crippen LogP contribution in [0.2, 0.25) is 5.15 Å². The lowest BCUT2D eigenvalue weighted by Crippen LogP contribution is -1.72. The first-order valence-corrected chi connectivity index (χ1v) is 3.48. The Kier molecular flexibility index (Phi) is 1.26. The van der Waals surface area contributed by atoms with Crippen LogP contribution in [0.25, 0.3) is 10.9 Å². The molecular weight excluding hydrogens is 164 g/mol. The zero-order valence-electron chi connectivity index (χ0n) is 5.50. The van der Waals surface area contributed by atoms with Crippen LogP contribution < -0.4 is 0 Å². The molecule has 0 fully saturated rings. The Hall–Kier alpha value is -1.22. The molecule has 2 rings (SSSR count). The van der Waals surface area contributed by atoms with Crippen molar-refractivity contribution in [1.82, 2.24) is 9.97 Å². The van der Waals surface area contributed by atoms with Crippen LogP contribution in [0.3, 0.4) is 0 Å². The molecule has 0 saturated heterocycles. The number of nitrogens with one attached hydrogen (secondary N) is 1. The van der Waals surface area contributed by atoms with Gasteiger partial charge in [-0.2, -0.15) is 0 Å². The number of H-pyrrole nitrogens is 1. The van der Waals surface area contributed by atoms with Gasteiger partial charge in [0.1, 0.15) is 5.15 Å². The number of aromatic amines is 1. The predicted molar refractivity (Wildman–Crippen MR) is 42.8 cm³/mol. The monoisotopic (exact) mass is 168 g/mol. The number of halogens is 1. The molecule has 0 spiro atoms. The molecule has 2 heterocycles. The smallest absolute Gasteiger partial charge is 0.198 e. The van der Waals surface area contributed by atoms with E-state index in [0.29, 0.717) is 16.1 Å². The first-order valence-electron chi connectivity index (χ1n) is 3.10. The van der Waals surface area contributed by atoms with Gasteiger partial charge in [0.15, 0.2) is 5.88 Å². The number of pyridine rings is 1. The minimum absolute atomic E-state index is 0.129. The van der Waals surface area contributed by atoms with E-state index in [4.69, 9.17) is 16.7 Å². The fourth-order valence-electron chi connectivity index (χ4n) is 0.975. The summed E-state index contributed by atoms with van der Waals surface area (Å²) in [4.78, 5) is 6.61. The van der Waals surface area contributed by atoms with Crippen LogP contribution in [-0.2, 0) is 0 Å². The Bertz CT molecular complexity index is 396. The molecule has 0 radical (unpaired) electrons. The van der Waals surface area contributed by atoms with E-state index in [1.165, 1.54) is 0 Å². The van der Waals surface area contributed by atoms with Gasteiger partial charge in [0.05, 0.1) is 10.9 Å². The number of hydrogen-bond acceptors (Lipinski definition) is 2. The van der Waals surface area contributed by atoms with Gasteiger partial charge in [-0.15, -0.1) is 0 Å². The lowest BCUT2D eigenvalue weighted by atomic mass is 10.3. The Balaban J connectivity index is 2.86. The molecule has 2 N–H and O–H groups in total. The highest BCUT2D eigenvalue weighted by Crippen LogP contribution is 2.22. The highest BCUT2D eigenvalue weighted by molar-refractivity contribution is 6.29. The van der Waals surface area contributed by atoms with E-state index < -0.39 is 0 Å². The Morgan fingerprint density at radius 3 is 3.09 bits per heavy atom. The minimum atomic E-state index is 0.129. The van der Waals surface area contributed by atoms with E-state index in [2.05, 4.69) is 9.97 Å². The van der Waals surface area contributed by atoms with E-state index in [-0.39, 0.29) is 5.88 Å². The molecule has 0 amide bonds. The second-order valence-corrected chi connectivity index (χ2v) is 2.59. The van der Waals surface area contributed by atoms with Crippen LogP contribution in [0, 0.1) is 0 Å². The lowest BCUT2D eigenvalue weighted by molar-refractivity contribution is 0.462. The molecule has 0 aliphatic rings. The highest BCUT2D eigenvalue weighted by Gasteiger charge is 2.01. The van der Waals surface area contributed by atoms with Crippen molar-refractivity contribution in [2.24, 2.45) is 0 Å². The van der Waals surface area contributed by atoms with E-state index >= 15 is 0 Å². The lowest BCUT2D eigenvalue weighted by Gasteiger charge is -1.89. The van der Waals surface area contributed by atoms with Gasteiger partial charge in [0.25, 0.3) is 0 Å². The fourth-order valence-corrected chi connectivity index (χ4v) is 1.13. The van der Waals surface area contributed by atoms with Crippen molar-refractivity contribution in [3.05, 3.63) is 23.5 Å². The number of hydrogen-bond donors (Lipinski definition) is 2. The molecule has 56 valence electrons. The molecule has 0 saturated carbocycles. The molecule has 0 aliphatic heterocycles. The van der Waals surface area contributed by atoms with Crippen LogP contribution in [0.4, 0.5) is 0 Å². The summed E-state index contributed by atoms with van der Waals surface area (Å²) in [5.41, 5.74) is 0.676. The van der Waals surface area contributed by atoms with Crippen LogP contribution in [-0.4, -0.2) is 15.1 Å². The number of aromatic nitrogens is 2. The summed E-state index contributed by atoms with van der Waals surface area (Å²) in [6, 6.07) is 3.36. The molecule has 2 aromatic rings. The Morgan fingerprint density at radius 2 is 2.27 bits per heavy atom. The highest BCUT2D eigenvalue weighted by atomic mass is 35.5. The fraction of sp³-hybridized carbons (Fsp3) is 0. The maximum atomic E-state index is 9.16. The SMILES string of the molecule is Oc1[nH]cc2nc(Cl)ccc12. The first-order chi connectivity index (χ1) is 5.27. The summed E-state index contributed by atoms with van der Waals surface area (Å²) in [7, 11) is 0. The summed E-state index contributed by atoms with van der Waals surface area (Å²) in [5.74, 6) is 0.129. The first kappa shape index (κ1) is 6.49. The van der Waals surface area contributed by atoms with Gasteiger partial charge in [-0.3, -0.25) is 0 Å². The van der Waals surface area contributed by atoms with E-state index in [0.717, 1.165) is 0 Å². The third-order valence-electron chi connectivity index (χ3n) is 1.49. The van der Waals surface area contributed by atoms with Gasteiger partial charge in [-0.25, -0.2) is 4.98 Å². The van der Waals surface area contributed by atoms with Crippen molar-refractivity contribution >= 4 is 22.5 Å². The second kappa shape index (κ2) is 2.13. The van der Waals surface area contributed by atoms with Gasteiger partial charge in [0.2, 0.25) is 0 Å². The van der Waals surface area contributed by atoms with E-state index in [9.17, 15) is 0 Å². The summed E-state index contributed by atoms with van der Waals surface area (Å²) >= 11 is 5.62. The maximum absolute atomic E-state index is 9.16. The molecular formula is C7H5ClN2O. The predicted octanol–water partition coefficient (Wildman–Crippen LogP) is 1.92. The van der Waals surface area contributed by atoms with Crippen LogP contribution in [0.15, 0.2) is 18.3 Å². The van der Waals surface area contributed by atoms with Gasteiger partial charge in [-0.05, 0) is 12.1 Å². The van der Waals surface area contributed by atoms with Crippen LogP contribution in [0.1, 0.15) is 0 Å². The average Bonchev–Trinajstić information content (AvgIpc) is 2.32. The molecule has 0 unspecified atom stereocenters. The molecule has 0 atom stereocenters. The van der Waals surface area contributed by atoms with Crippen molar-refractivity contribution in [1.29, 1.82) is 0 Å². The average molecular weight is 169 g/mol. The second-order valence-electron chi connectivity index (χ2n) is 2.20. The molecule has 0 aliphatic carbocycles. The normalized spacial score (nSPS) is 10.6. The Labute approximate surface area is 67.6 Å². The summed E-state index contributed by atoms with van der Waals surface area (Å²) in [5, 5.41) is 10.3. The van der Waals surface area contributed by atoms with Gasteiger partial charge in [-0.1, -0.05) is 11.6 Å². The van der Waals surface area contributed by atoms with Gasteiger partial charge in [0, 0.05) is 6.20 Å². The largest absolute Gasteiger partial charge is 0.494 e. The maximum Gasteiger partial charge on any atom is 0.198 e. The summed E-state index contributed by atoms with van der Waals surface area (Å²) in [6.45, 7) is 0. The summed E-state index contributed by atoms with van der Waals surface area (Å²) in [6.07, 6.45) is 1.61. The molecule has 0 bridgehead atoms. The van der Waals surface area contributed by atoms with Crippen molar-refractivity contribution in [2.45, 2.75) is 0 Å². The zero-order chi connectivity index (χ0) is 7.84. The Morgan fingerprint density at radius 1 is 1.45 bits per heavy atom. The van der Waals surface area contributed by atoms with Crippen LogP contribution >= 0.6 is 11.6 Å². The number of rotatable bonds is 0. The third kappa shape index (κ3) is 0.935. The van der Waals surface area contributed by atoms with E-state index in [1.807, 2.05) is 0 Å². The standard InChI is InChI=1S/C7H5ClN2O/c8-6-2-1-4-5(10-6)3-9-7(4)11/h1-3,9,11H. The molecule has 2 aromatic heterocycles. The third-order valence-corrected chi connectivity index (χ3v) is 1.70. The number of fused-ring (bicyclic) bond motifs is 1. The molecule has 3 nitrogen and oxygen atoms in total. The molecule has 0 aromatic carbocycles. The van der Waals surface area contributed by atoms with Crippen molar-refractivity contribution in [2.75, 3.05) is 0 Å². The zero-order valence-corrected chi connectivity index (χ0v) is 6.26. The molecule has 11 heavy (non-hydrogen) atoms. The van der Waals surface area contributed by atoms with Crippen LogP contribution in [0.5, 0.6) is 5.88 Å². The van der Waals surface area contributed by atoms with Crippen molar-refractivity contribution < 1.29 is 5.11 Å². The van der Waals surface area contributed by atoms with Gasteiger partial charge < -0.3 is 10.1 Å². The topological polar surface area (TPSA) is 48.9 Å². The van der Waals surface area contributed by atoms with E-state index in [1.54, 1.807) is 18.3 Å². The number of aromatic hydroxyl groups is 1. The quantitative estimate of drug-likeness (QED) is 0.591. The van der Waals surface area contributed by atoms with Crippen molar-refractivity contribution in [3.8, 4) is 5.88 Å².